The van der Waals surface area contributed by atoms with E-state index in [-0.39, 0.29) is 11.3 Å². The lowest BCUT2D eigenvalue weighted by atomic mass is 10.1. The van der Waals surface area contributed by atoms with E-state index in [1.807, 2.05) is 32.0 Å². The van der Waals surface area contributed by atoms with E-state index >= 15 is 0 Å². The first kappa shape index (κ1) is 20.9. The van der Waals surface area contributed by atoms with Crippen LogP contribution in [0.25, 0.3) is 0 Å². The average molecular weight is 406 g/mol. The van der Waals surface area contributed by atoms with E-state index in [1.54, 1.807) is 24.3 Å². The molecule has 7 heteroatoms. The summed E-state index contributed by atoms with van der Waals surface area (Å²) in [6.45, 7) is 3.52. The summed E-state index contributed by atoms with van der Waals surface area (Å²) >= 11 is 0. The Morgan fingerprint density at radius 3 is 2.40 bits per heavy atom. The van der Waals surface area contributed by atoms with Gasteiger partial charge in [-0.1, -0.05) is 25.1 Å². The normalized spacial score (nSPS) is 10.3. The second-order valence-corrected chi connectivity index (χ2v) is 6.60. The molecule has 2 aromatic carbocycles. The molecule has 2 N–H and O–H groups in total. The average Bonchev–Trinajstić information content (AvgIpc) is 3.29. The Labute approximate surface area is 174 Å². The monoisotopic (exact) mass is 406 g/mol. The van der Waals surface area contributed by atoms with Gasteiger partial charge in [0.2, 0.25) is 0 Å². The summed E-state index contributed by atoms with van der Waals surface area (Å²) in [6.07, 6.45) is 2.19. The molecule has 0 unspecified atom stereocenters. The summed E-state index contributed by atoms with van der Waals surface area (Å²) in [5, 5.41) is 5.46. The van der Waals surface area contributed by atoms with E-state index in [0.717, 1.165) is 23.2 Å². The van der Waals surface area contributed by atoms with Gasteiger partial charge < -0.3 is 19.8 Å². The number of amides is 2. The Bertz CT molecular complexity index is 1040. The molecule has 0 bridgehead atoms. The highest BCUT2D eigenvalue weighted by molar-refractivity contribution is 6.02. The SMILES string of the molecule is CCc1cccc(C)c1NC(=O)COC(=O)c1ccc(NC(=O)c2ccco2)cc1. The number of furan rings is 1. The van der Waals surface area contributed by atoms with Gasteiger partial charge in [-0.2, -0.15) is 0 Å². The lowest BCUT2D eigenvalue weighted by Crippen LogP contribution is -2.22. The largest absolute Gasteiger partial charge is 0.459 e. The zero-order chi connectivity index (χ0) is 21.5. The number of carbonyl (C=O) groups is 3. The summed E-state index contributed by atoms with van der Waals surface area (Å²) in [5.74, 6) is -1.25. The minimum absolute atomic E-state index is 0.185. The number of hydrogen-bond acceptors (Lipinski definition) is 5. The first-order valence-corrected chi connectivity index (χ1v) is 9.48. The van der Waals surface area contributed by atoms with Crippen LogP contribution in [0.4, 0.5) is 11.4 Å². The molecule has 0 aliphatic carbocycles. The van der Waals surface area contributed by atoms with Crippen molar-refractivity contribution in [1.29, 1.82) is 0 Å². The number of hydrogen-bond donors (Lipinski definition) is 2. The van der Waals surface area contributed by atoms with Crippen LogP contribution in [-0.4, -0.2) is 24.4 Å². The minimum Gasteiger partial charge on any atom is -0.459 e. The highest BCUT2D eigenvalue weighted by Crippen LogP contribution is 2.21. The van der Waals surface area contributed by atoms with Gasteiger partial charge in [-0.3, -0.25) is 9.59 Å². The molecule has 7 nitrogen and oxygen atoms in total. The number of aryl methyl sites for hydroxylation is 2. The number of nitrogens with one attached hydrogen (secondary N) is 2. The molecule has 0 aliphatic rings. The van der Waals surface area contributed by atoms with Crippen molar-refractivity contribution in [3.05, 3.63) is 83.3 Å². The van der Waals surface area contributed by atoms with Gasteiger partial charge >= 0.3 is 5.97 Å². The molecule has 0 atom stereocenters. The van der Waals surface area contributed by atoms with Crippen molar-refractivity contribution in [3.63, 3.8) is 0 Å². The van der Waals surface area contributed by atoms with Crippen molar-refractivity contribution in [2.75, 3.05) is 17.2 Å². The Balaban J connectivity index is 1.53. The van der Waals surface area contributed by atoms with Gasteiger partial charge in [0.15, 0.2) is 12.4 Å². The van der Waals surface area contributed by atoms with E-state index in [2.05, 4.69) is 10.6 Å². The van der Waals surface area contributed by atoms with Crippen molar-refractivity contribution in [2.24, 2.45) is 0 Å². The topological polar surface area (TPSA) is 97.6 Å². The fourth-order valence-corrected chi connectivity index (χ4v) is 2.88. The van der Waals surface area contributed by atoms with Gasteiger partial charge in [-0.15, -0.1) is 0 Å². The van der Waals surface area contributed by atoms with Crippen LogP contribution in [0, 0.1) is 6.92 Å². The number of benzene rings is 2. The van der Waals surface area contributed by atoms with E-state index in [1.165, 1.54) is 18.4 Å². The van der Waals surface area contributed by atoms with E-state index in [9.17, 15) is 14.4 Å². The Hall–Kier alpha value is -3.87. The molecule has 0 saturated heterocycles. The van der Waals surface area contributed by atoms with Crippen molar-refractivity contribution in [3.8, 4) is 0 Å². The molecule has 2 amide bonds. The van der Waals surface area contributed by atoms with Crippen LogP contribution in [-0.2, 0) is 16.0 Å². The maximum atomic E-state index is 12.2. The zero-order valence-corrected chi connectivity index (χ0v) is 16.7. The maximum Gasteiger partial charge on any atom is 0.338 e. The third kappa shape index (κ3) is 5.14. The number of anilines is 2. The molecule has 30 heavy (non-hydrogen) atoms. The third-order valence-corrected chi connectivity index (χ3v) is 4.46. The van der Waals surface area contributed by atoms with Crippen molar-refractivity contribution >= 4 is 29.2 Å². The fraction of sp³-hybridized carbons (Fsp3) is 0.174. The molecular formula is C23H22N2O5. The minimum atomic E-state index is -0.630. The number of esters is 1. The first-order valence-electron chi connectivity index (χ1n) is 9.48. The van der Waals surface area contributed by atoms with Crippen LogP contribution < -0.4 is 10.6 Å². The molecular weight excluding hydrogens is 384 g/mol. The summed E-state index contributed by atoms with van der Waals surface area (Å²) < 4.78 is 10.1. The quantitative estimate of drug-likeness (QED) is 0.573. The highest BCUT2D eigenvalue weighted by Gasteiger charge is 2.14. The Morgan fingerprint density at radius 1 is 0.967 bits per heavy atom. The van der Waals surface area contributed by atoms with Gasteiger partial charge in [-0.05, 0) is 60.9 Å². The molecule has 0 fully saturated rings. The Morgan fingerprint density at radius 2 is 1.73 bits per heavy atom. The zero-order valence-electron chi connectivity index (χ0n) is 16.7. The molecule has 1 heterocycles. The van der Waals surface area contributed by atoms with Gasteiger partial charge in [0.25, 0.3) is 11.8 Å². The first-order chi connectivity index (χ1) is 14.5. The standard InChI is InChI=1S/C23H22N2O5/c1-3-16-7-4-6-15(2)21(16)25-20(26)14-30-23(28)17-9-11-18(12-10-17)24-22(27)19-8-5-13-29-19/h4-13H,3,14H2,1-2H3,(H,24,27)(H,25,26). The van der Waals surface area contributed by atoms with Crippen molar-refractivity contribution in [1.82, 2.24) is 0 Å². The molecule has 154 valence electrons. The van der Waals surface area contributed by atoms with Crippen LogP contribution >= 0.6 is 0 Å². The van der Waals surface area contributed by atoms with Gasteiger partial charge in [0.1, 0.15) is 0 Å². The fourth-order valence-electron chi connectivity index (χ4n) is 2.88. The maximum absolute atomic E-state index is 12.2. The van der Waals surface area contributed by atoms with Gasteiger partial charge in [0.05, 0.1) is 11.8 Å². The van der Waals surface area contributed by atoms with E-state index in [4.69, 9.17) is 9.15 Å². The highest BCUT2D eigenvalue weighted by atomic mass is 16.5. The molecule has 0 spiro atoms. The van der Waals surface area contributed by atoms with E-state index < -0.39 is 24.4 Å². The predicted molar refractivity (Wildman–Crippen MR) is 113 cm³/mol. The van der Waals surface area contributed by atoms with Crippen LogP contribution in [0.1, 0.15) is 39.0 Å². The number of ether oxygens (including phenoxy) is 1. The second-order valence-electron chi connectivity index (χ2n) is 6.60. The van der Waals surface area contributed by atoms with Crippen molar-refractivity contribution in [2.45, 2.75) is 20.3 Å². The summed E-state index contributed by atoms with van der Waals surface area (Å²) in [5.41, 5.74) is 3.47. The molecule has 3 rings (SSSR count). The summed E-state index contributed by atoms with van der Waals surface area (Å²) in [7, 11) is 0. The van der Waals surface area contributed by atoms with Crippen molar-refractivity contribution < 1.29 is 23.5 Å². The van der Waals surface area contributed by atoms with Crippen LogP contribution in [0.15, 0.2) is 65.3 Å². The molecule has 0 radical (unpaired) electrons. The van der Waals surface area contributed by atoms with Gasteiger partial charge in [-0.25, -0.2) is 4.79 Å². The predicted octanol–water partition coefficient (Wildman–Crippen LogP) is 4.20. The smallest absolute Gasteiger partial charge is 0.338 e. The van der Waals surface area contributed by atoms with E-state index in [0.29, 0.717) is 5.69 Å². The van der Waals surface area contributed by atoms with Gasteiger partial charge in [0, 0.05) is 11.4 Å². The number of para-hydroxylation sites is 1. The third-order valence-electron chi connectivity index (χ3n) is 4.46. The summed E-state index contributed by atoms with van der Waals surface area (Å²) in [4.78, 5) is 36.4. The van der Waals surface area contributed by atoms with Crippen LogP contribution in [0.3, 0.4) is 0 Å². The molecule has 3 aromatic rings. The lowest BCUT2D eigenvalue weighted by Gasteiger charge is -2.13. The molecule has 0 aliphatic heterocycles. The van der Waals surface area contributed by atoms with Crippen LogP contribution in [0.5, 0.6) is 0 Å². The molecule has 1 aromatic heterocycles. The summed E-state index contributed by atoms with van der Waals surface area (Å²) in [6, 6.07) is 15.1. The number of carbonyl (C=O) groups excluding carboxylic acids is 3. The van der Waals surface area contributed by atoms with Crippen LogP contribution in [0.2, 0.25) is 0 Å². The Kier molecular flexibility index (Phi) is 6.64. The lowest BCUT2D eigenvalue weighted by molar-refractivity contribution is -0.119. The molecule has 0 saturated carbocycles. The number of rotatable bonds is 7. The second kappa shape index (κ2) is 9.56.